The molecule has 0 unspecified atom stereocenters. The maximum Gasteiger partial charge on any atom is 0.242 e. The quantitative estimate of drug-likeness (QED) is 0.853. The molecular weight excluding hydrogens is 316 g/mol. The van der Waals surface area contributed by atoms with E-state index in [4.69, 9.17) is 5.26 Å². The summed E-state index contributed by atoms with van der Waals surface area (Å²) in [7, 11) is 0. The first-order chi connectivity index (χ1) is 11.6. The van der Waals surface area contributed by atoms with Crippen molar-refractivity contribution in [3.8, 4) is 6.07 Å². The third kappa shape index (κ3) is 3.30. The first kappa shape index (κ1) is 15.8. The van der Waals surface area contributed by atoms with Gasteiger partial charge in [-0.05, 0) is 12.1 Å². The second-order valence-electron chi connectivity index (χ2n) is 5.33. The van der Waals surface area contributed by atoms with E-state index in [-0.39, 0.29) is 30.3 Å². The molecule has 0 radical (unpaired) electrons. The van der Waals surface area contributed by atoms with Gasteiger partial charge in [-0.25, -0.2) is 18.7 Å². The van der Waals surface area contributed by atoms with E-state index in [1.807, 2.05) is 6.07 Å². The number of nitriles is 1. The standard InChI is InChI=1S/C16H13F2N5O/c17-12-2-1-11(14(18)7-12)9-22-5-6-23(10-15(22)24)16-20-4-3-13(8-19)21-16/h1-4,7H,5-6,9-10H2. The molecule has 0 atom stereocenters. The highest BCUT2D eigenvalue weighted by Gasteiger charge is 2.26. The van der Waals surface area contributed by atoms with Crippen molar-refractivity contribution < 1.29 is 13.6 Å². The summed E-state index contributed by atoms with van der Waals surface area (Å²) in [6.07, 6.45) is 1.46. The Kier molecular flexibility index (Phi) is 4.33. The van der Waals surface area contributed by atoms with Gasteiger partial charge in [-0.15, -0.1) is 0 Å². The van der Waals surface area contributed by atoms with Crippen LogP contribution < -0.4 is 4.90 Å². The Morgan fingerprint density at radius 1 is 1.25 bits per heavy atom. The Balaban J connectivity index is 1.69. The summed E-state index contributed by atoms with van der Waals surface area (Å²) < 4.78 is 26.7. The Bertz CT molecular complexity index is 820. The van der Waals surface area contributed by atoms with Crippen LogP contribution in [0, 0.1) is 23.0 Å². The molecule has 6 nitrogen and oxygen atoms in total. The molecular formula is C16H13F2N5O. The zero-order valence-electron chi connectivity index (χ0n) is 12.6. The van der Waals surface area contributed by atoms with Gasteiger partial charge in [0.05, 0.1) is 0 Å². The molecule has 0 bridgehead atoms. The molecule has 0 aliphatic carbocycles. The van der Waals surface area contributed by atoms with Crippen LogP contribution in [0.5, 0.6) is 0 Å². The van der Waals surface area contributed by atoms with Gasteiger partial charge in [-0.2, -0.15) is 5.26 Å². The maximum absolute atomic E-state index is 13.7. The lowest BCUT2D eigenvalue weighted by molar-refractivity contribution is -0.131. The van der Waals surface area contributed by atoms with Crippen molar-refractivity contribution in [1.82, 2.24) is 14.9 Å². The predicted molar refractivity (Wildman–Crippen MR) is 80.7 cm³/mol. The Morgan fingerprint density at radius 3 is 2.79 bits per heavy atom. The second-order valence-corrected chi connectivity index (χ2v) is 5.33. The van der Waals surface area contributed by atoms with Crippen LogP contribution in [-0.4, -0.2) is 40.4 Å². The van der Waals surface area contributed by atoms with E-state index in [0.29, 0.717) is 19.0 Å². The van der Waals surface area contributed by atoms with E-state index in [9.17, 15) is 13.6 Å². The lowest BCUT2D eigenvalue weighted by atomic mass is 10.1. The fourth-order valence-corrected chi connectivity index (χ4v) is 2.46. The molecule has 1 amide bonds. The molecule has 0 spiro atoms. The number of anilines is 1. The number of hydrogen-bond donors (Lipinski definition) is 0. The number of aromatic nitrogens is 2. The minimum Gasteiger partial charge on any atom is -0.335 e. The van der Waals surface area contributed by atoms with E-state index in [2.05, 4.69) is 9.97 Å². The van der Waals surface area contributed by atoms with E-state index >= 15 is 0 Å². The number of nitrogens with zero attached hydrogens (tertiary/aromatic N) is 5. The number of piperazine rings is 1. The molecule has 2 heterocycles. The highest BCUT2D eigenvalue weighted by Crippen LogP contribution is 2.16. The fraction of sp³-hybridized carbons (Fsp3) is 0.250. The summed E-state index contributed by atoms with van der Waals surface area (Å²) >= 11 is 0. The Labute approximate surface area is 137 Å². The van der Waals surface area contributed by atoms with E-state index < -0.39 is 11.6 Å². The van der Waals surface area contributed by atoms with Crippen LogP contribution in [-0.2, 0) is 11.3 Å². The summed E-state index contributed by atoms with van der Waals surface area (Å²) in [5, 5.41) is 8.87. The van der Waals surface area contributed by atoms with Crippen molar-refractivity contribution in [2.75, 3.05) is 24.5 Å². The number of hydrogen-bond acceptors (Lipinski definition) is 5. The molecule has 122 valence electrons. The molecule has 1 saturated heterocycles. The molecule has 8 heteroatoms. The number of halogens is 2. The van der Waals surface area contributed by atoms with Crippen molar-refractivity contribution in [1.29, 1.82) is 5.26 Å². The average Bonchev–Trinajstić information content (AvgIpc) is 2.59. The Hall–Kier alpha value is -3.08. The van der Waals surface area contributed by atoms with Gasteiger partial charge in [0.2, 0.25) is 11.9 Å². The zero-order chi connectivity index (χ0) is 17.1. The minimum atomic E-state index is -0.671. The number of carbonyl (C=O) groups excluding carboxylic acids is 1. The van der Waals surface area contributed by atoms with Crippen LogP contribution in [0.25, 0.3) is 0 Å². The summed E-state index contributed by atoms with van der Waals surface area (Å²) in [6, 6.07) is 6.72. The minimum absolute atomic E-state index is 0.0394. The fourth-order valence-electron chi connectivity index (χ4n) is 2.46. The lowest BCUT2D eigenvalue weighted by Crippen LogP contribution is -2.50. The van der Waals surface area contributed by atoms with Crippen molar-refractivity contribution in [2.45, 2.75) is 6.54 Å². The predicted octanol–water partition coefficient (Wildman–Crippen LogP) is 1.48. The molecule has 2 aromatic rings. The molecule has 0 saturated carbocycles. The number of rotatable bonds is 3. The first-order valence-corrected chi connectivity index (χ1v) is 7.26. The zero-order valence-corrected chi connectivity index (χ0v) is 12.6. The number of carbonyl (C=O) groups is 1. The van der Waals surface area contributed by atoms with E-state index in [1.165, 1.54) is 29.3 Å². The molecule has 3 rings (SSSR count). The van der Waals surface area contributed by atoms with Crippen molar-refractivity contribution >= 4 is 11.9 Å². The van der Waals surface area contributed by atoms with Gasteiger partial charge in [-0.1, -0.05) is 6.07 Å². The smallest absolute Gasteiger partial charge is 0.242 e. The van der Waals surface area contributed by atoms with Gasteiger partial charge in [0, 0.05) is 37.5 Å². The normalized spacial score (nSPS) is 14.6. The van der Waals surface area contributed by atoms with Crippen LogP contribution in [0.4, 0.5) is 14.7 Å². The third-order valence-electron chi connectivity index (χ3n) is 3.74. The molecule has 1 fully saturated rings. The van der Waals surface area contributed by atoms with Gasteiger partial charge < -0.3 is 9.80 Å². The van der Waals surface area contributed by atoms with Crippen LogP contribution >= 0.6 is 0 Å². The van der Waals surface area contributed by atoms with Gasteiger partial charge in [0.15, 0.2) is 0 Å². The van der Waals surface area contributed by atoms with Crippen molar-refractivity contribution in [3.05, 3.63) is 53.4 Å². The van der Waals surface area contributed by atoms with Crippen molar-refractivity contribution in [2.24, 2.45) is 0 Å². The highest BCUT2D eigenvalue weighted by molar-refractivity contribution is 5.82. The van der Waals surface area contributed by atoms with E-state index in [0.717, 1.165) is 6.07 Å². The summed E-state index contributed by atoms with van der Waals surface area (Å²) in [4.78, 5) is 23.6. The summed E-state index contributed by atoms with van der Waals surface area (Å²) in [5.74, 6) is -1.22. The maximum atomic E-state index is 13.7. The SMILES string of the molecule is N#Cc1ccnc(N2CCN(Cc3ccc(F)cc3F)C(=O)C2)n1. The topological polar surface area (TPSA) is 73.1 Å². The molecule has 1 aromatic carbocycles. The third-order valence-corrected chi connectivity index (χ3v) is 3.74. The van der Waals surface area contributed by atoms with Gasteiger partial charge in [0.25, 0.3) is 0 Å². The number of amides is 1. The van der Waals surface area contributed by atoms with Crippen LogP contribution in [0.3, 0.4) is 0 Å². The van der Waals surface area contributed by atoms with E-state index in [1.54, 1.807) is 4.90 Å². The summed E-state index contributed by atoms with van der Waals surface area (Å²) in [5.41, 5.74) is 0.490. The molecule has 24 heavy (non-hydrogen) atoms. The van der Waals surface area contributed by atoms with Crippen LogP contribution in [0.1, 0.15) is 11.3 Å². The van der Waals surface area contributed by atoms with Gasteiger partial charge in [-0.3, -0.25) is 4.79 Å². The lowest BCUT2D eigenvalue weighted by Gasteiger charge is -2.34. The second kappa shape index (κ2) is 6.58. The van der Waals surface area contributed by atoms with Gasteiger partial charge >= 0.3 is 0 Å². The largest absolute Gasteiger partial charge is 0.335 e. The molecule has 1 aliphatic heterocycles. The highest BCUT2D eigenvalue weighted by atomic mass is 19.1. The molecule has 1 aromatic heterocycles. The van der Waals surface area contributed by atoms with Crippen molar-refractivity contribution in [3.63, 3.8) is 0 Å². The Morgan fingerprint density at radius 2 is 2.08 bits per heavy atom. The van der Waals surface area contributed by atoms with Crippen LogP contribution in [0.15, 0.2) is 30.5 Å². The van der Waals surface area contributed by atoms with Gasteiger partial charge in [0.1, 0.15) is 29.9 Å². The molecule has 0 N–H and O–H groups in total. The number of benzene rings is 1. The average molecular weight is 329 g/mol. The first-order valence-electron chi connectivity index (χ1n) is 7.26. The van der Waals surface area contributed by atoms with Crippen LogP contribution in [0.2, 0.25) is 0 Å². The molecule has 1 aliphatic rings. The monoisotopic (exact) mass is 329 g/mol. The summed E-state index contributed by atoms with van der Waals surface area (Å²) in [6.45, 7) is 0.939.